The van der Waals surface area contributed by atoms with Crippen molar-refractivity contribution >= 4 is 5.91 Å². The first kappa shape index (κ1) is 18.9. The third-order valence-electron chi connectivity index (χ3n) is 3.69. The molecule has 4 nitrogen and oxygen atoms in total. The van der Waals surface area contributed by atoms with Crippen LogP contribution in [0, 0.1) is 11.7 Å². The van der Waals surface area contributed by atoms with E-state index in [2.05, 4.69) is 5.32 Å². The van der Waals surface area contributed by atoms with Gasteiger partial charge in [-0.1, -0.05) is 44.2 Å². The Morgan fingerprint density at radius 2 is 1.72 bits per heavy atom. The lowest BCUT2D eigenvalue weighted by Gasteiger charge is -2.23. The van der Waals surface area contributed by atoms with Gasteiger partial charge in [-0.05, 0) is 35.7 Å². The van der Waals surface area contributed by atoms with Crippen molar-refractivity contribution in [2.45, 2.75) is 19.9 Å². The van der Waals surface area contributed by atoms with Crippen LogP contribution in [0.15, 0.2) is 54.6 Å². The molecule has 2 rings (SSSR count). The molecule has 0 saturated carbocycles. The molecule has 134 valence electrons. The summed E-state index contributed by atoms with van der Waals surface area (Å²) >= 11 is 0. The molecule has 25 heavy (non-hydrogen) atoms. The Balaban J connectivity index is 1.73. The number of rotatable bonds is 9. The van der Waals surface area contributed by atoms with E-state index in [0.717, 1.165) is 11.3 Å². The summed E-state index contributed by atoms with van der Waals surface area (Å²) in [6.07, 6.45) is 0. The van der Waals surface area contributed by atoms with Gasteiger partial charge >= 0.3 is 0 Å². The van der Waals surface area contributed by atoms with E-state index in [4.69, 9.17) is 9.47 Å². The second-order valence-corrected chi connectivity index (χ2v) is 6.05. The van der Waals surface area contributed by atoms with Gasteiger partial charge in [-0.15, -0.1) is 0 Å². The third-order valence-corrected chi connectivity index (χ3v) is 3.69. The van der Waals surface area contributed by atoms with E-state index in [0.29, 0.717) is 13.2 Å². The van der Waals surface area contributed by atoms with Crippen LogP contribution in [0.25, 0.3) is 0 Å². The Morgan fingerprint density at radius 3 is 2.36 bits per heavy atom. The highest BCUT2D eigenvalue weighted by Crippen LogP contribution is 2.21. The van der Waals surface area contributed by atoms with Gasteiger partial charge in [0.05, 0.1) is 12.6 Å². The summed E-state index contributed by atoms with van der Waals surface area (Å²) in [5, 5.41) is 2.93. The standard InChI is InChI=1S/C20H24FNO3/c1-15(2)20(16-8-10-17(21)11-9-16)22-19(23)14-24-12-13-25-18-6-4-3-5-7-18/h3-11,15,20H,12-14H2,1-2H3,(H,22,23). The summed E-state index contributed by atoms with van der Waals surface area (Å²) in [5.41, 5.74) is 0.872. The predicted molar refractivity (Wildman–Crippen MR) is 94.9 cm³/mol. The monoisotopic (exact) mass is 345 g/mol. The van der Waals surface area contributed by atoms with Crippen LogP contribution < -0.4 is 10.1 Å². The highest BCUT2D eigenvalue weighted by Gasteiger charge is 2.18. The highest BCUT2D eigenvalue weighted by molar-refractivity contribution is 5.77. The summed E-state index contributed by atoms with van der Waals surface area (Å²) in [4.78, 5) is 12.1. The molecule has 1 unspecified atom stereocenters. The number of ether oxygens (including phenoxy) is 2. The smallest absolute Gasteiger partial charge is 0.246 e. The summed E-state index contributed by atoms with van der Waals surface area (Å²) in [6.45, 7) is 4.67. The third kappa shape index (κ3) is 6.55. The first-order chi connectivity index (χ1) is 12.1. The van der Waals surface area contributed by atoms with Crippen LogP contribution in [0.4, 0.5) is 4.39 Å². The molecule has 0 heterocycles. The fourth-order valence-electron chi connectivity index (χ4n) is 2.42. The Bertz CT molecular complexity index is 644. The van der Waals surface area contributed by atoms with Gasteiger partial charge in [0.25, 0.3) is 0 Å². The molecule has 0 spiro atoms. The number of carbonyl (C=O) groups is 1. The van der Waals surface area contributed by atoms with E-state index in [1.165, 1.54) is 12.1 Å². The zero-order chi connectivity index (χ0) is 18.1. The average molecular weight is 345 g/mol. The van der Waals surface area contributed by atoms with E-state index in [1.807, 2.05) is 44.2 Å². The van der Waals surface area contributed by atoms with E-state index < -0.39 is 0 Å². The first-order valence-corrected chi connectivity index (χ1v) is 8.36. The summed E-state index contributed by atoms with van der Waals surface area (Å²) < 4.78 is 23.9. The van der Waals surface area contributed by atoms with Crippen molar-refractivity contribution in [2.24, 2.45) is 5.92 Å². The van der Waals surface area contributed by atoms with Gasteiger partial charge in [0.2, 0.25) is 5.91 Å². The van der Waals surface area contributed by atoms with Gasteiger partial charge < -0.3 is 14.8 Å². The zero-order valence-corrected chi connectivity index (χ0v) is 14.6. The van der Waals surface area contributed by atoms with Crippen LogP contribution in [-0.2, 0) is 9.53 Å². The summed E-state index contributed by atoms with van der Waals surface area (Å²) in [6, 6.07) is 15.4. The second-order valence-electron chi connectivity index (χ2n) is 6.05. The molecule has 0 aliphatic carbocycles. The van der Waals surface area contributed by atoms with Gasteiger partial charge in [0.15, 0.2) is 0 Å². The maximum Gasteiger partial charge on any atom is 0.246 e. The quantitative estimate of drug-likeness (QED) is 0.705. The average Bonchev–Trinajstić information content (AvgIpc) is 2.61. The molecular weight excluding hydrogens is 321 g/mol. The minimum atomic E-state index is -0.292. The van der Waals surface area contributed by atoms with E-state index in [1.54, 1.807) is 12.1 Å². The molecule has 0 aliphatic rings. The minimum absolute atomic E-state index is 0.0391. The Kier molecular flexibility index (Phi) is 7.41. The van der Waals surface area contributed by atoms with Gasteiger partial charge in [0, 0.05) is 0 Å². The van der Waals surface area contributed by atoms with Crippen LogP contribution in [0.2, 0.25) is 0 Å². The van der Waals surface area contributed by atoms with Crippen LogP contribution in [0.1, 0.15) is 25.5 Å². The maximum absolute atomic E-state index is 13.1. The highest BCUT2D eigenvalue weighted by atomic mass is 19.1. The molecule has 2 aromatic carbocycles. The second kappa shape index (κ2) is 9.79. The predicted octanol–water partition coefficient (Wildman–Crippen LogP) is 3.73. The Morgan fingerprint density at radius 1 is 1.04 bits per heavy atom. The molecular formula is C20H24FNO3. The molecule has 0 saturated heterocycles. The number of nitrogens with one attached hydrogen (secondary N) is 1. The van der Waals surface area contributed by atoms with Crippen molar-refractivity contribution < 1.29 is 18.7 Å². The first-order valence-electron chi connectivity index (χ1n) is 8.36. The molecule has 1 atom stereocenters. The number of carbonyl (C=O) groups excluding carboxylic acids is 1. The molecule has 0 aliphatic heterocycles. The van der Waals surface area contributed by atoms with Gasteiger partial charge in [-0.2, -0.15) is 0 Å². The van der Waals surface area contributed by atoms with E-state index >= 15 is 0 Å². The SMILES string of the molecule is CC(C)C(NC(=O)COCCOc1ccccc1)c1ccc(F)cc1. The fourth-order valence-corrected chi connectivity index (χ4v) is 2.42. The summed E-state index contributed by atoms with van der Waals surface area (Å²) in [7, 11) is 0. The summed E-state index contributed by atoms with van der Waals surface area (Å²) in [5.74, 6) is 0.449. The van der Waals surface area contributed by atoms with Crippen LogP contribution in [0.5, 0.6) is 5.75 Å². The number of hydrogen-bond acceptors (Lipinski definition) is 3. The van der Waals surface area contributed by atoms with Crippen molar-refractivity contribution in [1.29, 1.82) is 0 Å². The largest absolute Gasteiger partial charge is 0.491 e. The minimum Gasteiger partial charge on any atom is -0.491 e. The molecule has 0 radical (unpaired) electrons. The van der Waals surface area contributed by atoms with Crippen LogP contribution in [-0.4, -0.2) is 25.7 Å². The lowest BCUT2D eigenvalue weighted by molar-refractivity contribution is -0.127. The number of hydrogen-bond donors (Lipinski definition) is 1. The van der Waals surface area contributed by atoms with E-state index in [-0.39, 0.29) is 30.3 Å². The lowest BCUT2D eigenvalue weighted by atomic mass is 9.96. The lowest BCUT2D eigenvalue weighted by Crippen LogP contribution is -2.34. The molecule has 5 heteroatoms. The van der Waals surface area contributed by atoms with Gasteiger partial charge in [0.1, 0.15) is 24.8 Å². The van der Waals surface area contributed by atoms with Gasteiger partial charge in [-0.25, -0.2) is 4.39 Å². The Labute approximate surface area is 148 Å². The van der Waals surface area contributed by atoms with Crippen molar-refractivity contribution in [3.63, 3.8) is 0 Å². The molecule has 0 fully saturated rings. The van der Waals surface area contributed by atoms with Crippen molar-refractivity contribution in [3.8, 4) is 5.75 Å². The zero-order valence-electron chi connectivity index (χ0n) is 14.6. The van der Waals surface area contributed by atoms with Crippen LogP contribution >= 0.6 is 0 Å². The van der Waals surface area contributed by atoms with Crippen LogP contribution in [0.3, 0.4) is 0 Å². The fraction of sp³-hybridized carbons (Fsp3) is 0.350. The molecule has 1 N–H and O–H groups in total. The topological polar surface area (TPSA) is 47.6 Å². The van der Waals surface area contributed by atoms with Crippen molar-refractivity contribution in [3.05, 3.63) is 66.0 Å². The number of benzene rings is 2. The molecule has 1 amide bonds. The van der Waals surface area contributed by atoms with Crippen molar-refractivity contribution in [2.75, 3.05) is 19.8 Å². The number of amides is 1. The normalized spacial score (nSPS) is 12.0. The molecule has 0 aromatic heterocycles. The molecule has 0 bridgehead atoms. The van der Waals surface area contributed by atoms with E-state index in [9.17, 15) is 9.18 Å². The maximum atomic E-state index is 13.1. The molecule has 2 aromatic rings. The van der Waals surface area contributed by atoms with Gasteiger partial charge in [-0.3, -0.25) is 4.79 Å². The Hall–Kier alpha value is -2.40. The number of halogens is 1. The van der Waals surface area contributed by atoms with Crippen molar-refractivity contribution in [1.82, 2.24) is 5.32 Å². The number of para-hydroxylation sites is 1.